The first-order valence-electron chi connectivity index (χ1n) is 6.64. The molecule has 2 N–H and O–H groups in total. The molecule has 0 radical (unpaired) electrons. The summed E-state index contributed by atoms with van der Waals surface area (Å²) in [7, 11) is 0. The van der Waals surface area contributed by atoms with Crippen LogP contribution in [0.15, 0.2) is 18.2 Å². The van der Waals surface area contributed by atoms with Crippen molar-refractivity contribution >= 4 is 0 Å². The minimum absolute atomic E-state index is 0.0942. The van der Waals surface area contributed by atoms with Crippen LogP contribution >= 0.6 is 0 Å². The van der Waals surface area contributed by atoms with Gasteiger partial charge < -0.3 is 10.4 Å². The van der Waals surface area contributed by atoms with E-state index >= 15 is 0 Å². The molecule has 0 aliphatic heterocycles. The van der Waals surface area contributed by atoms with Gasteiger partial charge in [-0.3, -0.25) is 0 Å². The Morgan fingerprint density at radius 1 is 1.18 bits per heavy atom. The standard InChI is InChI=1S/C15H23NO/c1-11-7-12(2)9-13(8-11)15(10-17)16-14-5-3-4-6-14/h7-9,14-17H,3-6,10H2,1-2H3. The summed E-state index contributed by atoms with van der Waals surface area (Å²) in [5.41, 5.74) is 3.76. The Bertz CT molecular complexity index is 349. The normalized spacial score (nSPS) is 18.5. The number of rotatable bonds is 4. The number of hydrogen-bond donors (Lipinski definition) is 2. The highest BCUT2D eigenvalue weighted by Gasteiger charge is 2.19. The van der Waals surface area contributed by atoms with Crippen LogP contribution in [0.4, 0.5) is 0 Å². The maximum Gasteiger partial charge on any atom is 0.0626 e. The molecule has 0 bridgehead atoms. The van der Waals surface area contributed by atoms with Gasteiger partial charge in [-0.1, -0.05) is 42.2 Å². The second-order valence-corrected chi connectivity index (χ2v) is 5.30. The first-order valence-corrected chi connectivity index (χ1v) is 6.64. The van der Waals surface area contributed by atoms with Crippen molar-refractivity contribution in [3.8, 4) is 0 Å². The molecular weight excluding hydrogens is 210 g/mol. The van der Waals surface area contributed by atoms with E-state index in [2.05, 4.69) is 37.4 Å². The van der Waals surface area contributed by atoms with Crippen LogP contribution in [0, 0.1) is 13.8 Å². The largest absolute Gasteiger partial charge is 0.394 e. The second kappa shape index (κ2) is 5.65. The van der Waals surface area contributed by atoms with E-state index in [0.29, 0.717) is 6.04 Å². The topological polar surface area (TPSA) is 32.3 Å². The maximum atomic E-state index is 9.56. The summed E-state index contributed by atoms with van der Waals surface area (Å²) in [5, 5.41) is 13.1. The molecule has 1 saturated carbocycles. The molecule has 17 heavy (non-hydrogen) atoms. The third kappa shape index (κ3) is 3.30. The Morgan fingerprint density at radius 2 is 1.76 bits per heavy atom. The summed E-state index contributed by atoms with van der Waals surface area (Å²) in [4.78, 5) is 0. The van der Waals surface area contributed by atoms with Crippen molar-refractivity contribution in [1.29, 1.82) is 0 Å². The predicted molar refractivity (Wildman–Crippen MR) is 71.1 cm³/mol. The van der Waals surface area contributed by atoms with Gasteiger partial charge in [-0.05, 0) is 32.3 Å². The molecule has 0 amide bonds. The van der Waals surface area contributed by atoms with Crippen molar-refractivity contribution in [2.45, 2.75) is 51.6 Å². The molecule has 1 fully saturated rings. The van der Waals surface area contributed by atoms with Gasteiger partial charge in [0.15, 0.2) is 0 Å². The number of hydrogen-bond acceptors (Lipinski definition) is 2. The van der Waals surface area contributed by atoms with Crippen LogP contribution in [0.2, 0.25) is 0 Å². The highest BCUT2D eigenvalue weighted by atomic mass is 16.3. The quantitative estimate of drug-likeness (QED) is 0.838. The summed E-state index contributed by atoms with van der Waals surface area (Å²) in [6.07, 6.45) is 5.15. The summed E-state index contributed by atoms with van der Waals surface area (Å²) in [6, 6.07) is 7.21. The van der Waals surface area contributed by atoms with Crippen LogP contribution in [-0.4, -0.2) is 17.8 Å². The lowest BCUT2D eigenvalue weighted by molar-refractivity contribution is 0.233. The van der Waals surface area contributed by atoms with E-state index in [1.165, 1.54) is 42.4 Å². The molecule has 1 aromatic carbocycles. The third-order valence-corrected chi connectivity index (χ3v) is 3.62. The first kappa shape index (κ1) is 12.6. The molecule has 94 valence electrons. The summed E-state index contributed by atoms with van der Waals surface area (Å²) in [6.45, 7) is 4.40. The fourth-order valence-corrected chi connectivity index (χ4v) is 2.84. The first-order chi connectivity index (χ1) is 8.19. The Kier molecular flexibility index (Phi) is 4.19. The molecule has 0 spiro atoms. The van der Waals surface area contributed by atoms with E-state index in [4.69, 9.17) is 0 Å². The zero-order valence-corrected chi connectivity index (χ0v) is 10.9. The van der Waals surface area contributed by atoms with Gasteiger partial charge in [0.2, 0.25) is 0 Å². The molecule has 2 rings (SSSR count). The molecule has 1 aromatic rings. The van der Waals surface area contributed by atoms with Crippen LogP contribution in [0.25, 0.3) is 0 Å². The second-order valence-electron chi connectivity index (χ2n) is 5.30. The SMILES string of the molecule is Cc1cc(C)cc(C(CO)NC2CCCC2)c1. The van der Waals surface area contributed by atoms with Crippen molar-refractivity contribution in [3.63, 3.8) is 0 Å². The molecule has 0 heterocycles. The highest BCUT2D eigenvalue weighted by Crippen LogP contribution is 2.23. The summed E-state index contributed by atoms with van der Waals surface area (Å²) < 4.78 is 0. The van der Waals surface area contributed by atoms with Gasteiger partial charge in [-0.2, -0.15) is 0 Å². The van der Waals surface area contributed by atoms with Crippen molar-refractivity contribution in [2.75, 3.05) is 6.61 Å². The molecule has 1 aliphatic rings. The summed E-state index contributed by atoms with van der Waals surface area (Å²) >= 11 is 0. The lowest BCUT2D eigenvalue weighted by Crippen LogP contribution is -2.32. The number of benzene rings is 1. The minimum Gasteiger partial charge on any atom is -0.394 e. The average Bonchev–Trinajstić information content (AvgIpc) is 2.77. The van der Waals surface area contributed by atoms with E-state index < -0.39 is 0 Å². The molecule has 0 aromatic heterocycles. The average molecular weight is 233 g/mol. The van der Waals surface area contributed by atoms with Gasteiger partial charge >= 0.3 is 0 Å². The number of aliphatic hydroxyl groups is 1. The molecule has 1 aliphatic carbocycles. The molecule has 1 unspecified atom stereocenters. The van der Waals surface area contributed by atoms with E-state index in [1.807, 2.05) is 0 Å². The lowest BCUT2D eigenvalue weighted by atomic mass is 10.0. The molecule has 1 atom stereocenters. The zero-order chi connectivity index (χ0) is 12.3. The Balaban J connectivity index is 2.10. The van der Waals surface area contributed by atoms with Crippen molar-refractivity contribution in [3.05, 3.63) is 34.9 Å². The van der Waals surface area contributed by atoms with Crippen LogP contribution in [0.1, 0.15) is 48.4 Å². The van der Waals surface area contributed by atoms with Gasteiger partial charge in [-0.25, -0.2) is 0 Å². The van der Waals surface area contributed by atoms with E-state index in [-0.39, 0.29) is 12.6 Å². The number of aryl methyl sites for hydroxylation is 2. The molecule has 2 nitrogen and oxygen atoms in total. The van der Waals surface area contributed by atoms with Gasteiger partial charge in [0.25, 0.3) is 0 Å². The van der Waals surface area contributed by atoms with E-state index in [0.717, 1.165) is 0 Å². The fourth-order valence-electron chi connectivity index (χ4n) is 2.84. The smallest absolute Gasteiger partial charge is 0.0626 e. The third-order valence-electron chi connectivity index (χ3n) is 3.62. The van der Waals surface area contributed by atoms with Gasteiger partial charge in [0.1, 0.15) is 0 Å². The van der Waals surface area contributed by atoms with Gasteiger partial charge in [-0.15, -0.1) is 0 Å². The minimum atomic E-state index is 0.0942. The molecule has 2 heteroatoms. The number of aliphatic hydroxyl groups excluding tert-OH is 1. The Hall–Kier alpha value is -0.860. The van der Waals surface area contributed by atoms with E-state index in [1.54, 1.807) is 0 Å². The molecular formula is C15H23NO. The van der Waals surface area contributed by atoms with Gasteiger partial charge in [0, 0.05) is 6.04 Å². The predicted octanol–water partition coefficient (Wildman–Crippen LogP) is 2.87. The van der Waals surface area contributed by atoms with Crippen molar-refractivity contribution in [1.82, 2.24) is 5.32 Å². The zero-order valence-electron chi connectivity index (χ0n) is 10.9. The Labute approximate surface area is 104 Å². The van der Waals surface area contributed by atoms with Crippen LogP contribution in [-0.2, 0) is 0 Å². The maximum absolute atomic E-state index is 9.56. The number of nitrogens with one attached hydrogen (secondary N) is 1. The highest BCUT2D eigenvalue weighted by molar-refractivity contribution is 5.30. The van der Waals surface area contributed by atoms with Gasteiger partial charge in [0.05, 0.1) is 12.6 Å². The van der Waals surface area contributed by atoms with Crippen molar-refractivity contribution in [2.24, 2.45) is 0 Å². The fraction of sp³-hybridized carbons (Fsp3) is 0.600. The molecule has 0 saturated heterocycles. The van der Waals surface area contributed by atoms with Crippen LogP contribution < -0.4 is 5.32 Å². The van der Waals surface area contributed by atoms with Crippen molar-refractivity contribution < 1.29 is 5.11 Å². The monoisotopic (exact) mass is 233 g/mol. The van der Waals surface area contributed by atoms with E-state index in [9.17, 15) is 5.11 Å². The summed E-state index contributed by atoms with van der Waals surface area (Å²) in [5.74, 6) is 0. The van der Waals surface area contributed by atoms with Crippen LogP contribution in [0.3, 0.4) is 0 Å². The van der Waals surface area contributed by atoms with Crippen LogP contribution in [0.5, 0.6) is 0 Å². The lowest BCUT2D eigenvalue weighted by Gasteiger charge is -2.22. The Morgan fingerprint density at radius 3 is 2.29 bits per heavy atom.